The number of ether oxygens (including phenoxy) is 1. The number of amides is 1. The van der Waals surface area contributed by atoms with Crippen LogP contribution in [0.3, 0.4) is 0 Å². The van der Waals surface area contributed by atoms with E-state index in [4.69, 9.17) is 9.84 Å². The minimum absolute atomic E-state index is 0.0207. The number of nitrogens with zero attached hydrogens (tertiary/aromatic N) is 1. The summed E-state index contributed by atoms with van der Waals surface area (Å²) in [6.45, 7) is 3.50. The molecule has 1 amide bonds. The molecule has 1 aromatic rings. The number of hydrogen-bond donors (Lipinski definition) is 1. The number of carboxylic acids is 1. The molecule has 0 bridgehead atoms. The Morgan fingerprint density at radius 3 is 2.29 bits per heavy atom. The van der Waals surface area contributed by atoms with Crippen LogP contribution in [0, 0.1) is 5.92 Å². The number of benzene rings is 1. The Morgan fingerprint density at radius 2 is 1.75 bits per heavy atom. The molecule has 0 aromatic heterocycles. The van der Waals surface area contributed by atoms with Crippen molar-refractivity contribution < 1.29 is 24.2 Å². The van der Waals surface area contributed by atoms with Gasteiger partial charge in [0.15, 0.2) is 5.78 Å². The van der Waals surface area contributed by atoms with Crippen LogP contribution in [0.25, 0.3) is 0 Å². The number of ketones is 1. The molecular weight excluding hydrogens is 310 g/mol. The number of likely N-dealkylation sites (tertiary alicyclic amines) is 1. The van der Waals surface area contributed by atoms with Crippen LogP contribution in [0.2, 0.25) is 0 Å². The maximum Gasteiger partial charge on any atom is 0.303 e. The van der Waals surface area contributed by atoms with Crippen molar-refractivity contribution in [2.75, 3.05) is 19.7 Å². The average molecular weight is 333 g/mol. The summed E-state index contributed by atoms with van der Waals surface area (Å²) < 4.78 is 5.37. The molecule has 24 heavy (non-hydrogen) atoms. The van der Waals surface area contributed by atoms with Gasteiger partial charge in [-0.15, -0.1) is 0 Å². The van der Waals surface area contributed by atoms with Crippen LogP contribution < -0.4 is 4.74 Å². The van der Waals surface area contributed by atoms with E-state index in [0.29, 0.717) is 38.1 Å². The maximum atomic E-state index is 12.5. The number of carboxylic acid groups (broad SMARTS) is 1. The van der Waals surface area contributed by atoms with Crippen molar-refractivity contribution in [1.29, 1.82) is 0 Å². The number of aliphatic carboxylic acids is 1. The first-order valence-electron chi connectivity index (χ1n) is 8.28. The fourth-order valence-corrected chi connectivity index (χ4v) is 2.88. The molecule has 1 aliphatic heterocycles. The molecule has 0 aliphatic carbocycles. The van der Waals surface area contributed by atoms with Gasteiger partial charge in [0.2, 0.25) is 5.91 Å². The summed E-state index contributed by atoms with van der Waals surface area (Å²) in [5.74, 6) is -0.372. The zero-order valence-corrected chi connectivity index (χ0v) is 13.9. The van der Waals surface area contributed by atoms with Crippen molar-refractivity contribution in [3.63, 3.8) is 0 Å². The number of hydrogen-bond acceptors (Lipinski definition) is 4. The van der Waals surface area contributed by atoms with Crippen LogP contribution >= 0.6 is 0 Å². The third-order valence-corrected chi connectivity index (χ3v) is 4.22. The first-order chi connectivity index (χ1) is 11.5. The molecule has 1 N–H and O–H groups in total. The highest BCUT2D eigenvalue weighted by atomic mass is 16.5. The second-order valence-electron chi connectivity index (χ2n) is 5.87. The molecule has 1 fully saturated rings. The molecule has 0 atom stereocenters. The zero-order chi connectivity index (χ0) is 17.5. The second-order valence-corrected chi connectivity index (χ2v) is 5.87. The van der Waals surface area contributed by atoms with Crippen molar-refractivity contribution in [1.82, 2.24) is 4.90 Å². The predicted octanol–water partition coefficient (Wildman–Crippen LogP) is 2.37. The molecule has 0 unspecified atom stereocenters. The summed E-state index contributed by atoms with van der Waals surface area (Å²) in [5, 5.41) is 8.63. The molecule has 0 radical (unpaired) electrons. The summed E-state index contributed by atoms with van der Waals surface area (Å²) in [7, 11) is 0. The molecule has 1 aromatic carbocycles. The molecule has 1 saturated heterocycles. The van der Waals surface area contributed by atoms with Gasteiger partial charge in [0, 0.05) is 31.0 Å². The van der Waals surface area contributed by atoms with E-state index in [9.17, 15) is 14.4 Å². The Morgan fingerprint density at radius 1 is 1.12 bits per heavy atom. The smallest absolute Gasteiger partial charge is 0.303 e. The van der Waals surface area contributed by atoms with Crippen molar-refractivity contribution in [3.8, 4) is 5.75 Å². The number of rotatable bonds is 7. The fourth-order valence-electron chi connectivity index (χ4n) is 2.88. The Labute approximate surface area is 141 Å². The lowest BCUT2D eigenvalue weighted by Crippen LogP contribution is -2.40. The summed E-state index contributed by atoms with van der Waals surface area (Å²) in [6.07, 6.45) is 1.10. The van der Waals surface area contributed by atoms with Crippen molar-refractivity contribution in [2.24, 2.45) is 5.92 Å². The molecule has 130 valence electrons. The van der Waals surface area contributed by atoms with E-state index in [0.717, 1.165) is 5.75 Å². The minimum Gasteiger partial charge on any atom is -0.494 e. The molecule has 0 spiro atoms. The summed E-state index contributed by atoms with van der Waals surface area (Å²) in [6, 6.07) is 7.14. The van der Waals surface area contributed by atoms with Gasteiger partial charge in [0.25, 0.3) is 0 Å². The normalized spacial score (nSPS) is 15.1. The molecule has 0 saturated carbocycles. The van der Waals surface area contributed by atoms with Gasteiger partial charge in [-0.3, -0.25) is 14.4 Å². The molecule has 6 nitrogen and oxygen atoms in total. The lowest BCUT2D eigenvalue weighted by molar-refractivity contribution is -0.141. The lowest BCUT2D eigenvalue weighted by atomic mass is 9.88. The number of carbonyl (C=O) groups is 3. The van der Waals surface area contributed by atoms with Gasteiger partial charge >= 0.3 is 5.97 Å². The van der Waals surface area contributed by atoms with E-state index in [-0.39, 0.29) is 30.4 Å². The van der Waals surface area contributed by atoms with E-state index in [1.807, 2.05) is 6.92 Å². The van der Waals surface area contributed by atoms with Gasteiger partial charge in [0.1, 0.15) is 5.75 Å². The van der Waals surface area contributed by atoms with Gasteiger partial charge < -0.3 is 14.7 Å². The van der Waals surface area contributed by atoms with Gasteiger partial charge in [-0.25, -0.2) is 0 Å². The van der Waals surface area contributed by atoms with Crippen LogP contribution in [-0.2, 0) is 9.59 Å². The van der Waals surface area contributed by atoms with Gasteiger partial charge in [-0.1, -0.05) is 0 Å². The van der Waals surface area contributed by atoms with Crippen LogP contribution in [0.4, 0.5) is 0 Å². The minimum atomic E-state index is -0.969. The molecule has 1 heterocycles. The van der Waals surface area contributed by atoms with Gasteiger partial charge in [-0.05, 0) is 44.0 Å². The summed E-state index contributed by atoms with van der Waals surface area (Å²) >= 11 is 0. The Balaban J connectivity index is 1.86. The highest BCUT2D eigenvalue weighted by molar-refractivity contribution is 5.98. The van der Waals surface area contributed by atoms with E-state index >= 15 is 0 Å². The predicted molar refractivity (Wildman–Crippen MR) is 88.1 cm³/mol. The van der Waals surface area contributed by atoms with E-state index in [2.05, 4.69) is 0 Å². The summed E-state index contributed by atoms with van der Waals surface area (Å²) in [4.78, 5) is 36.6. The van der Waals surface area contributed by atoms with E-state index in [1.54, 1.807) is 29.2 Å². The standard InChI is InChI=1S/C18H23NO5/c1-2-24-15-5-3-13(4-6-15)18(23)14-9-11-19(12-10-14)16(20)7-8-17(21)22/h3-6,14H,2,7-12H2,1H3,(H,21,22). The number of Topliss-reactive ketones (excluding diaryl/α,β-unsaturated/α-hetero) is 1. The monoisotopic (exact) mass is 333 g/mol. The largest absolute Gasteiger partial charge is 0.494 e. The first-order valence-corrected chi connectivity index (χ1v) is 8.28. The topological polar surface area (TPSA) is 83.9 Å². The zero-order valence-electron chi connectivity index (χ0n) is 13.9. The molecule has 6 heteroatoms. The summed E-state index contributed by atoms with van der Waals surface area (Å²) in [5.41, 5.74) is 0.661. The third kappa shape index (κ3) is 4.81. The maximum absolute atomic E-state index is 12.5. The van der Waals surface area contributed by atoms with Crippen molar-refractivity contribution in [3.05, 3.63) is 29.8 Å². The Hall–Kier alpha value is -2.37. The fraction of sp³-hybridized carbons (Fsp3) is 0.500. The molecule has 2 rings (SSSR count). The van der Waals surface area contributed by atoms with Crippen LogP contribution in [0.5, 0.6) is 5.75 Å². The highest BCUT2D eigenvalue weighted by Gasteiger charge is 2.27. The Kier molecular flexibility index (Phi) is 6.35. The number of carbonyl (C=O) groups excluding carboxylic acids is 2. The van der Waals surface area contributed by atoms with Crippen LogP contribution in [-0.4, -0.2) is 47.4 Å². The van der Waals surface area contributed by atoms with Crippen LogP contribution in [0.15, 0.2) is 24.3 Å². The van der Waals surface area contributed by atoms with Crippen LogP contribution in [0.1, 0.15) is 43.0 Å². The molecule has 1 aliphatic rings. The van der Waals surface area contributed by atoms with Crippen molar-refractivity contribution >= 4 is 17.7 Å². The average Bonchev–Trinajstić information content (AvgIpc) is 2.60. The first kappa shape index (κ1) is 18.0. The quantitative estimate of drug-likeness (QED) is 0.775. The van der Waals surface area contributed by atoms with Crippen molar-refractivity contribution in [2.45, 2.75) is 32.6 Å². The van der Waals surface area contributed by atoms with E-state index in [1.165, 1.54) is 0 Å². The van der Waals surface area contributed by atoms with Gasteiger partial charge in [0.05, 0.1) is 13.0 Å². The second kappa shape index (κ2) is 8.47. The van der Waals surface area contributed by atoms with E-state index < -0.39 is 5.97 Å². The SMILES string of the molecule is CCOc1ccc(C(=O)C2CCN(C(=O)CCC(=O)O)CC2)cc1. The number of piperidine rings is 1. The molecular formula is C18H23NO5. The third-order valence-electron chi connectivity index (χ3n) is 4.22. The Bertz CT molecular complexity index is 588. The van der Waals surface area contributed by atoms with Gasteiger partial charge in [-0.2, -0.15) is 0 Å². The highest BCUT2D eigenvalue weighted by Crippen LogP contribution is 2.23. The lowest BCUT2D eigenvalue weighted by Gasteiger charge is -2.31.